The molecule has 1 aliphatic heterocycles. The maximum absolute atomic E-state index is 13.2. The minimum Gasteiger partial charge on any atom is -0.351 e. The Kier molecular flexibility index (Phi) is 13.4. The number of nitrogens with zero attached hydrogens (tertiary/aromatic N) is 5. The SMILES string of the molecule is CC(C)C(=O)Nc1nc2c(ncn2[C@H]2CC(NC(c3ccccc3)(c3ccccc3)c3ccccc3)[C@@H](COP(OCCC#N)N(C(C)C)C(C)C)O2)c(=O)[nH]1. The fourth-order valence-corrected chi connectivity index (χ4v) is 8.83. The molecule has 1 aliphatic rings. The largest absolute Gasteiger partial charge is 0.351 e. The zero-order valence-corrected chi connectivity index (χ0v) is 33.6. The number of carbonyl (C=O) groups excluding carboxylic acids is 1. The molecule has 0 saturated carbocycles. The number of amides is 1. The Morgan fingerprint density at radius 2 is 1.54 bits per heavy atom. The van der Waals surface area contributed by atoms with Crippen molar-refractivity contribution >= 4 is 31.5 Å². The van der Waals surface area contributed by atoms with Crippen molar-refractivity contribution in [1.29, 1.82) is 5.26 Å². The second-order valence-corrected chi connectivity index (χ2v) is 16.1. The number of nitriles is 1. The molecule has 1 amide bonds. The quantitative estimate of drug-likeness (QED) is 0.0499. The second kappa shape index (κ2) is 18.4. The van der Waals surface area contributed by atoms with Gasteiger partial charge in [0.05, 0.1) is 43.7 Å². The minimum atomic E-state index is -1.57. The molecule has 1 fully saturated rings. The number of aromatic amines is 1. The number of rotatable bonds is 17. The molecule has 3 N–H and O–H groups in total. The Hall–Kier alpha value is -4.80. The Labute approximate surface area is 329 Å². The fraction of sp³-hybridized carbons (Fsp3) is 0.405. The van der Waals surface area contributed by atoms with E-state index in [9.17, 15) is 14.9 Å². The Morgan fingerprint density at radius 3 is 2.05 bits per heavy atom. The van der Waals surface area contributed by atoms with Gasteiger partial charge in [-0.1, -0.05) is 105 Å². The first-order valence-electron chi connectivity index (χ1n) is 19.1. The van der Waals surface area contributed by atoms with Crippen LogP contribution in [0.4, 0.5) is 5.95 Å². The third-order valence-electron chi connectivity index (χ3n) is 9.78. The number of carbonyl (C=O) groups is 1. The van der Waals surface area contributed by atoms with Gasteiger partial charge in [-0.15, -0.1) is 0 Å². The summed E-state index contributed by atoms with van der Waals surface area (Å²) in [6, 6.07) is 33.1. The third kappa shape index (κ3) is 8.92. The molecule has 5 aromatic rings. The normalized spacial score (nSPS) is 17.9. The molecule has 294 valence electrons. The molecule has 6 rings (SSSR count). The average Bonchev–Trinajstić information content (AvgIpc) is 3.80. The lowest BCUT2D eigenvalue weighted by atomic mass is 9.76. The van der Waals surface area contributed by atoms with Gasteiger partial charge < -0.3 is 13.8 Å². The highest BCUT2D eigenvalue weighted by atomic mass is 31.2. The van der Waals surface area contributed by atoms with Crippen LogP contribution in [-0.2, 0) is 24.1 Å². The van der Waals surface area contributed by atoms with Gasteiger partial charge in [-0.3, -0.25) is 29.8 Å². The third-order valence-corrected chi connectivity index (χ3v) is 11.9. The number of anilines is 1. The number of hydrogen-bond donors (Lipinski definition) is 3. The van der Waals surface area contributed by atoms with Crippen LogP contribution in [0.3, 0.4) is 0 Å². The lowest BCUT2D eigenvalue weighted by Gasteiger charge is -2.40. The zero-order chi connectivity index (χ0) is 39.8. The van der Waals surface area contributed by atoms with Gasteiger partial charge in [0.25, 0.3) is 14.1 Å². The molecule has 0 spiro atoms. The zero-order valence-electron chi connectivity index (χ0n) is 32.8. The molecular formula is C42H51N8O5P. The van der Waals surface area contributed by atoms with Gasteiger partial charge in [-0.25, -0.2) is 9.65 Å². The molecule has 0 bridgehead atoms. The number of benzene rings is 3. The predicted octanol–water partition coefficient (Wildman–Crippen LogP) is 7.24. The molecule has 0 radical (unpaired) electrons. The first kappa shape index (κ1) is 40.9. The van der Waals surface area contributed by atoms with Crippen LogP contribution < -0.4 is 16.2 Å². The average molecular weight is 779 g/mol. The van der Waals surface area contributed by atoms with Gasteiger partial charge >= 0.3 is 0 Å². The van der Waals surface area contributed by atoms with Crippen LogP contribution in [0.1, 0.15) is 77.3 Å². The maximum atomic E-state index is 13.2. The van der Waals surface area contributed by atoms with E-state index in [2.05, 4.69) is 100 Å². The summed E-state index contributed by atoms with van der Waals surface area (Å²) >= 11 is 0. The van der Waals surface area contributed by atoms with Crippen molar-refractivity contribution in [3.05, 3.63) is 124 Å². The topological polar surface area (TPSA) is 159 Å². The van der Waals surface area contributed by atoms with Crippen molar-refractivity contribution in [3.8, 4) is 6.07 Å². The molecule has 56 heavy (non-hydrogen) atoms. The fourth-order valence-electron chi connectivity index (χ4n) is 7.21. The summed E-state index contributed by atoms with van der Waals surface area (Å²) in [5.74, 6) is -0.557. The van der Waals surface area contributed by atoms with E-state index in [0.29, 0.717) is 6.42 Å². The van der Waals surface area contributed by atoms with Gasteiger partial charge in [-0.05, 0) is 44.4 Å². The molecule has 1 saturated heterocycles. The summed E-state index contributed by atoms with van der Waals surface area (Å²) in [5, 5.41) is 16.1. The predicted molar refractivity (Wildman–Crippen MR) is 217 cm³/mol. The number of imidazole rings is 1. The molecule has 14 heteroatoms. The first-order chi connectivity index (χ1) is 27.0. The lowest BCUT2D eigenvalue weighted by molar-refractivity contribution is -0.118. The summed E-state index contributed by atoms with van der Waals surface area (Å²) in [6.07, 6.45) is 1.10. The number of fused-ring (bicyclic) bond motifs is 1. The van der Waals surface area contributed by atoms with Crippen molar-refractivity contribution in [2.45, 2.75) is 90.4 Å². The molecular weight excluding hydrogens is 727 g/mol. The van der Waals surface area contributed by atoms with Crippen molar-refractivity contribution in [2.24, 2.45) is 5.92 Å². The van der Waals surface area contributed by atoms with Gasteiger partial charge in [0.2, 0.25) is 11.9 Å². The van der Waals surface area contributed by atoms with E-state index in [1.165, 1.54) is 0 Å². The molecule has 2 aromatic heterocycles. The highest BCUT2D eigenvalue weighted by molar-refractivity contribution is 7.44. The van der Waals surface area contributed by atoms with Crippen LogP contribution in [0, 0.1) is 17.2 Å². The highest BCUT2D eigenvalue weighted by Crippen LogP contribution is 2.47. The van der Waals surface area contributed by atoms with E-state index in [1.807, 2.05) is 54.6 Å². The van der Waals surface area contributed by atoms with Crippen molar-refractivity contribution in [1.82, 2.24) is 29.5 Å². The van der Waals surface area contributed by atoms with Crippen LogP contribution in [0.2, 0.25) is 0 Å². The summed E-state index contributed by atoms with van der Waals surface area (Å²) in [6.45, 7) is 12.3. The highest BCUT2D eigenvalue weighted by Gasteiger charge is 2.45. The number of nitrogens with one attached hydrogen (secondary N) is 3. The molecule has 13 nitrogen and oxygen atoms in total. The molecule has 3 aromatic carbocycles. The summed E-state index contributed by atoms with van der Waals surface area (Å²) < 4.78 is 23.9. The number of hydrogen-bond acceptors (Lipinski definition) is 10. The van der Waals surface area contributed by atoms with E-state index in [4.69, 9.17) is 13.8 Å². The van der Waals surface area contributed by atoms with Crippen LogP contribution in [0.5, 0.6) is 0 Å². The second-order valence-electron chi connectivity index (χ2n) is 14.7. The van der Waals surface area contributed by atoms with E-state index < -0.39 is 32.0 Å². The molecule has 2 unspecified atom stereocenters. The Morgan fingerprint density at radius 1 is 0.964 bits per heavy atom. The van der Waals surface area contributed by atoms with Gasteiger partial charge in [0, 0.05) is 30.5 Å². The summed E-state index contributed by atoms with van der Waals surface area (Å²) in [4.78, 5) is 37.5. The van der Waals surface area contributed by atoms with Gasteiger partial charge in [0.15, 0.2) is 11.2 Å². The van der Waals surface area contributed by atoms with Crippen molar-refractivity contribution in [3.63, 3.8) is 0 Å². The lowest BCUT2D eigenvalue weighted by Crippen LogP contribution is -2.53. The maximum Gasteiger partial charge on any atom is 0.280 e. The number of H-pyrrole nitrogens is 1. The van der Waals surface area contributed by atoms with Crippen molar-refractivity contribution < 1.29 is 18.6 Å². The smallest absolute Gasteiger partial charge is 0.280 e. The number of aromatic nitrogens is 4. The molecule has 4 atom stereocenters. The van der Waals surface area contributed by atoms with Crippen LogP contribution >= 0.6 is 8.53 Å². The van der Waals surface area contributed by atoms with E-state index >= 15 is 0 Å². The van der Waals surface area contributed by atoms with E-state index in [-0.39, 0.29) is 66.7 Å². The standard InChI is InChI=1S/C42H51N8O5P/c1-28(2)39(51)46-41-45-38-37(40(52)47-41)44-27-49(38)36-25-34(35(55-36)26-54-56(53-24-16-23-43)50(29(3)4)30(5)6)48-42(31-17-10-7-11-18-31,32-19-12-8-13-20-32)33-21-14-9-15-22-33/h7-15,17-22,27-30,34-36,48H,16,24-26H2,1-6H3,(H2,45,46,47,51,52)/t34?,35-,36-,56?/m1/s1. The Balaban J connectivity index is 1.44. The molecule has 0 aliphatic carbocycles. The molecule has 3 heterocycles. The first-order valence-corrected chi connectivity index (χ1v) is 20.2. The minimum absolute atomic E-state index is 0.0365. The van der Waals surface area contributed by atoms with Gasteiger partial charge in [-0.2, -0.15) is 10.2 Å². The number of ether oxygens (including phenoxy) is 1. The van der Waals surface area contributed by atoms with Crippen LogP contribution in [0.25, 0.3) is 11.2 Å². The summed E-state index contributed by atoms with van der Waals surface area (Å²) in [7, 11) is -1.57. The van der Waals surface area contributed by atoms with Gasteiger partial charge in [0.1, 0.15) is 6.23 Å². The van der Waals surface area contributed by atoms with E-state index in [1.54, 1.807) is 24.7 Å². The van der Waals surface area contributed by atoms with E-state index in [0.717, 1.165) is 16.7 Å². The van der Waals surface area contributed by atoms with Crippen LogP contribution in [-0.4, -0.2) is 67.5 Å². The summed E-state index contributed by atoms with van der Waals surface area (Å²) in [5.41, 5.74) is 2.25. The monoisotopic (exact) mass is 778 g/mol. The van der Waals surface area contributed by atoms with Crippen molar-refractivity contribution in [2.75, 3.05) is 18.5 Å². The van der Waals surface area contributed by atoms with Crippen LogP contribution in [0.15, 0.2) is 102 Å². The Bertz CT molecular complexity index is 2030.